The minimum absolute atomic E-state index is 0.107. The molecule has 6 heteroatoms. The normalized spacial score (nSPS) is 27.2. The van der Waals surface area contributed by atoms with Crippen molar-refractivity contribution in [1.29, 1.82) is 0 Å². The highest BCUT2D eigenvalue weighted by atomic mass is 32.2. The van der Waals surface area contributed by atoms with Crippen LogP contribution >= 0.6 is 0 Å². The Labute approximate surface area is 120 Å². The largest absolute Gasteiger partial charge is 0.497 e. The number of methoxy groups -OCH3 is 1. The van der Waals surface area contributed by atoms with Crippen LogP contribution in [-0.2, 0) is 10.0 Å². The third-order valence-corrected chi connectivity index (χ3v) is 6.23. The van der Waals surface area contributed by atoms with Gasteiger partial charge in [-0.05, 0) is 49.6 Å². The molecule has 0 amide bonds. The lowest BCUT2D eigenvalue weighted by molar-refractivity contribution is 0.217. The summed E-state index contributed by atoms with van der Waals surface area (Å²) in [5.74, 6) is 1.12. The van der Waals surface area contributed by atoms with E-state index in [1.165, 1.54) is 0 Å². The first kappa shape index (κ1) is 13.9. The van der Waals surface area contributed by atoms with E-state index in [1.54, 1.807) is 35.7 Å². The molecule has 1 aromatic rings. The van der Waals surface area contributed by atoms with Gasteiger partial charge in [-0.15, -0.1) is 0 Å². The molecule has 2 saturated heterocycles. The monoisotopic (exact) mass is 296 g/mol. The van der Waals surface area contributed by atoms with Crippen LogP contribution in [0.2, 0.25) is 0 Å². The number of nitrogens with zero attached hydrogens (tertiary/aromatic N) is 1. The second-order valence-corrected chi connectivity index (χ2v) is 7.31. The fourth-order valence-electron chi connectivity index (χ4n) is 3.21. The lowest BCUT2D eigenvalue weighted by atomic mass is 9.94. The molecule has 1 N–H and O–H groups in total. The molecule has 0 saturated carbocycles. The van der Waals surface area contributed by atoms with Gasteiger partial charge in [0, 0.05) is 19.1 Å². The number of hydrogen-bond acceptors (Lipinski definition) is 4. The van der Waals surface area contributed by atoms with Crippen LogP contribution in [0.15, 0.2) is 29.2 Å². The van der Waals surface area contributed by atoms with E-state index in [4.69, 9.17) is 4.74 Å². The minimum atomic E-state index is -3.40. The van der Waals surface area contributed by atoms with Crippen LogP contribution in [0, 0.1) is 5.92 Å². The van der Waals surface area contributed by atoms with Gasteiger partial charge in [-0.1, -0.05) is 0 Å². The Morgan fingerprint density at radius 3 is 2.70 bits per heavy atom. The first-order valence-electron chi connectivity index (χ1n) is 6.99. The van der Waals surface area contributed by atoms with Crippen molar-refractivity contribution in [2.24, 2.45) is 5.92 Å². The molecule has 0 bridgehead atoms. The molecule has 2 unspecified atom stereocenters. The minimum Gasteiger partial charge on any atom is -0.497 e. The Morgan fingerprint density at radius 1 is 1.25 bits per heavy atom. The summed E-state index contributed by atoms with van der Waals surface area (Å²) >= 11 is 0. The molecule has 2 fully saturated rings. The maximum absolute atomic E-state index is 12.8. The molecule has 0 radical (unpaired) electrons. The van der Waals surface area contributed by atoms with Gasteiger partial charge >= 0.3 is 0 Å². The summed E-state index contributed by atoms with van der Waals surface area (Å²) in [5, 5.41) is 3.31. The fraction of sp³-hybridized carbons (Fsp3) is 0.571. The summed E-state index contributed by atoms with van der Waals surface area (Å²) in [7, 11) is -1.83. The van der Waals surface area contributed by atoms with E-state index in [0.29, 0.717) is 23.1 Å². The number of fused-ring (bicyclic) bond motifs is 1. The molecule has 0 aromatic heterocycles. The zero-order valence-electron chi connectivity index (χ0n) is 11.6. The van der Waals surface area contributed by atoms with Crippen molar-refractivity contribution in [3.05, 3.63) is 24.3 Å². The van der Waals surface area contributed by atoms with Gasteiger partial charge in [0.2, 0.25) is 10.0 Å². The maximum atomic E-state index is 12.8. The van der Waals surface area contributed by atoms with Crippen molar-refractivity contribution in [1.82, 2.24) is 9.62 Å². The number of nitrogens with one attached hydrogen (secondary N) is 1. The lowest BCUT2D eigenvalue weighted by Gasteiger charge is -2.35. The molecule has 0 spiro atoms. The molecule has 0 aliphatic carbocycles. The zero-order valence-corrected chi connectivity index (χ0v) is 12.4. The van der Waals surface area contributed by atoms with Gasteiger partial charge in [0.1, 0.15) is 5.75 Å². The molecule has 2 aliphatic rings. The predicted molar refractivity (Wildman–Crippen MR) is 76.3 cm³/mol. The van der Waals surface area contributed by atoms with Crippen LogP contribution in [0.3, 0.4) is 0 Å². The lowest BCUT2D eigenvalue weighted by Crippen LogP contribution is -2.48. The topological polar surface area (TPSA) is 58.6 Å². The summed E-state index contributed by atoms with van der Waals surface area (Å²) in [6.45, 7) is 2.32. The smallest absolute Gasteiger partial charge is 0.243 e. The molecule has 2 heterocycles. The highest BCUT2D eigenvalue weighted by Gasteiger charge is 2.41. The number of piperidine rings is 1. The van der Waals surface area contributed by atoms with Crippen molar-refractivity contribution < 1.29 is 13.2 Å². The molecule has 110 valence electrons. The Balaban J connectivity index is 1.89. The van der Waals surface area contributed by atoms with Crippen LogP contribution in [0.5, 0.6) is 5.75 Å². The summed E-state index contributed by atoms with van der Waals surface area (Å²) < 4.78 is 32.3. The SMILES string of the molecule is COc1ccc(S(=O)(=O)N2CCCC3CNCC32)cc1. The molecule has 20 heavy (non-hydrogen) atoms. The average Bonchev–Trinajstić information content (AvgIpc) is 2.95. The number of hydrogen-bond donors (Lipinski definition) is 1. The third kappa shape index (κ3) is 2.32. The van der Waals surface area contributed by atoms with Gasteiger partial charge in [0.15, 0.2) is 0 Å². The van der Waals surface area contributed by atoms with Crippen LogP contribution in [0.4, 0.5) is 0 Å². The molecule has 3 rings (SSSR count). The number of ether oxygens (including phenoxy) is 1. The first-order chi connectivity index (χ1) is 9.63. The van der Waals surface area contributed by atoms with E-state index in [2.05, 4.69) is 5.32 Å². The Morgan fingerprint density at radius 2 is 2.00 bits per heavy atom. The summed E-state index contributed by atoms with van der Waals surface area (Å²) in [6.07, 6.45) is 2.06. The van der Waals surface area contributed by atoms with Crippen molar-refractivity contribution in [3.8, 4) is 5.75 Å². The van der Waals surface area contributed by atoms with Gasteiger partial charge < -0.3 is 10.1 Å². The van der Waals surface area contributed by atoms with E-state index in [9.17, 15) is 8.42 Å². The highest BCUT2D eigenvalue weighted by molar-refractivity contribution is 7.89. The average molecular weight is 296 g/mol. The standard InChI is InChI=1S/C14H20N2O3S/c1-19-12-4-6-13(7-5-12)20(17,18)16-8-2-3-11-9-15-10-14(11)16/h4-7,11,14-15H,2-3,8-10H2,1H3. The van der Waals surface area contributed by atoms with Gasteiger partial charge in [-0.25, -0.2) is 8.42 Å². The number of benzene rings is 1. The van der Waals surface area contributed by atoms with E-state index in [1.807, 2.05) is 0 Å². The van der Waals surface area contributed by atoms with Crippen molar-refractivity contribution in [3.63, 3.8) is 0 Å². The quantitative estimate of drug-likeness (QED) is 0.906. The summed E-state index contributed by atoms with van der Waals surface area (Å²) in [6, 6.07) is 6.75. The molecule has 1 aromatic carbocycles. The van der Waals surface area contributed by atoms with E-state index in [-0.39, 0.29) is 6.04 Å². The number of rotatable bonds is 3. The van der Waals surface area contributed by atoms with Gasteiger partial charge in [-0.3, -0.25) is 0 Å². The number of sulfonamides is 1. The second kappa shape index (κ2) is 5.35. The van der Waals surface area contributed by atoms with Crippen LogP contribution < -0.4 is 10.1 Å². The van der Waals surface area contributed by atoms with Gasteiger partial charge in [-0.2, -0.15) is 4.31 Å². The van der Waals surface area contributed by atoms with E-state index >= 15 is 0 Å². The van der Waals surface area contributed by atoms with E-state index in [0.717, 1.165) is 25.9 Å². The first-order valence-corrected chi connectivity index (χ1v) is 8.43. The summed E-state index contributed by atoms with van der Waals surface area (Å²) in [5.41, 5.74) is 0. The predicted octanol–water partition coefficient (Wildman–Crippen LogP) is 1.07. The second-order valence-electron chi connectivity index (χ2n) is 5.42. The van der Waals surface area contributed by atoms with Gasteiger partial charge in [0.25, 0.3) is 0 Å². The van der Waals surface area contributed by atoms with Gasteiger partial charge in [0.05, 0.1) is 12.0 Å². The highest BCUT2D eigenvalue weighted by Crippen LogP contribution is 2.31. The summed E-state index contributed by atoms with van der Waals surface area (Å²) in [4.78, 5) is 0.353. The van der Waals surface area contributed by atoms with Crippen LogP contribution in [-0.4, -0.2) is 45.5 Å². The molecular formula is C14H20N2O3S. The van der Waals surface area contributed by atoms with Crippen LogP contribution in [0.25, 0.3) is 0 Å². The Bertz CT molecular complexity index is 571. The van der Waals surface area contributed by atoms with Crippen LogP contribution in [0.1, 0.15) is 12.8 Å². The Kier molecular flexibility index (Phi) is 3.70. The van der Waals surface area contributed by atoms with E-state index < -0.39 is 10.0 Å². The van der Waals surface area contributed by atoms with Crippen molar-refractivity contribution in [2.45, 2.75) is 23.8 Å². The zero-order chi connectivity index (χ0) is 14.2. The maximum Gasteiger partial charge on any atom is 0.243 e. The molecule has 5 nitrogen and oxygen atoms in total. The van der Waals surface area contributed by atoms with Crippen molar-refractivity contribution in [2.75, 3.05) is 26.7 Å². The van der Waals surface area contributed by atoms with Crippen molar-refractivity contribution >= 4 is 10.0 Å². The Hall–Kier alpha value is -1.11. The third-order valence-electron chi connectivity index (χ3n) is 4.29. The molecule has 2 aliphatic heterocycles. The fourth-order valence-corrected chi connectivity index (χ4v) is 4.93. The molecular weight excluding hydrogens is 276 g/mol. The molecule has 2 atom stereocenters.